The van der Waals surface area contributed by atoms with Gasteiger partial charge in [-0.2, -0.15) is 4.72 Å². The van der Waals surface area contributed by atoms with Gasteiger partial charge in [-0.15, -0.1) is 22.7 Å². The molecule has 0 bridgehead atoms. The number of thiazole rings is 1. The van der Waals surface area contributed by atoms with Crippen LogP contribution in [0.25, 0.3) is 0 Å². The van der Waals surface area contributed by atoms with E-state index in [2.05, 4.69) is 15.0 Å². The first-order valence-electron chi connectivity index (χ1n) is 6.58. The maximum atomic E-state index is 12.5. The van der Waals surface area contributed by atoms with Crippen molar-refractivity contribution in [1.82, 2.24) is 15.0 Å². The van der Waals surface area contributed by atoms with Gasteiger partial charge in [-0.3, -0.25) is 0 Å². The second-order valence-corrected chi connectivity index (χ2v) is 9.04. The molecule has 116 valence electrons. The van der Waals surface area contributed by atoms with Gasteiger partial charge in [0.05, 0.1) is 5.54 Å². The minimum atomic E-state index is -3.54. The fraction of sp³-hybridized carbons (Fsp3) is 0.462. The van der Waals surface area contributed by atoms with Crippen molar-refractivity contribution in [3.8, 4) is 0 Å². The number of hydrogen-bond donors (Lipinski definition) is 2. The zero-order chi connectivity index (χ0) is 15.5. The summed E-state index contributed by atoms with van der Waals surface area (Å²) >= 11 is 2.73. The lowest BCUT2D eigenvalue weighted by Gasteiger charge is -2.22. The maximum Gasteiger partial charge on any atom is 0.250 e. The zero-order valence-corrected chi connectivity index (χ0v) is 14.7. The molecule has 0 radical (unpaired) electrons. The Bertz CT molecular complexity index is 675. The summed E-state index contributed by atoms with van der Waals surface area (Å²) in [5.74, 6) is 0. The Morgan fingerprint density at radius 2 is 2.10 bits per heavy atom. The molecule has 0 aliphatic carbocycles. The van der Waals surface area contributed by atoms with Gasteiger partial charge in [0.15, 0.2) is 0 Å². The van der Waals surface area contributed by atoms with Crippen LogP contribution in [0.5, 0.6) is 0 Å². The van der Waals surface area contributed by atoms with Crippen LogP contribution in [0, 0.1) is 0 Å². The summed E-state index contributed by atoms with van der Waals surface area (Å²) in [4.78, 5) is 5.20. The third kappa shape index (κ3) is 4.10. The Hall–Kier alpha value is -0.800. The van der Waals surface area contributed by atoms with Gasteiger partial charge in [0.2, 0.25) is 0 Å². The first-order chi connectivity index (χ1) is 9.85. The third-order valence-corrected chi connectivity index (χ3v) is 7.14. The molecule has 5 nitrogen and oxygen atoms in total. The summed E-state index contributed by atoms with van der Waals surface area (Å²) in [7, 11) is -3.54. The van der Waals surface area contributed by atoms with Crippen molar-refractivity contribution in [2.45, 2.75) is 37.1 Å². The molecule has 0 saturated heterocycles. The second-order valence-electron chi connectivity index (χ2n) is 5.07. The molecule has 0 amide bonds. The molecule has 21 heavy (non-hydrogen) atoms. The topological polar surface area (TPSA) is 71.1 Å². The number of aromatic nitrogens is 1. The second kappa shape index (κ2) is 6.53. The van der Waals surface area contributed by atoms with E-state index in [1.165, 1.54) is 22.7 Å². The van der Waals surface area contributed by atoms with E-state index < -0.39 is 15.6 Å². The highest BCUT2D eigenvalue weighted by atomic mass is 32.2. The van der Waals surface area contributed by atoms with Crippen molar-refractivity contribution >= 4 is 32.7 Å². The molecule has 2 aromatic rings. The number of thiophene rings is 1. The molecule has 2 rings (SSSR count). The molecule has 0 fully saturated rings. The summed E-state index contributed by atoms with van der Waals surface area (Å²) in [6.45, 7) is 7.19. The molecule has 2 N–H and O–H groups in total. The minimum absolute atomic E-state index is 0.333. The minimum Gasteiger partial charge on any atom is -0.312 e. The van der Waals surface area contributed by atoms with Crippen LogP contribution in [0.1, 0.15) is 30.7 Å². The normalized spacial score (nSPS) is 12.7. The standard InChI is InChI=1S/C13H19N3O2S3/c1-4-14-9-10-5-6-11(20-10)21(17,18)16-13(2,3)12-15-7-8-19-12/h5-8,14,16H,4,9H2,1-3H3. The highest BCUT2D eigenvalue weighted by molar-refractivity contribution is 7.91. The van der Waals surface area contributed by atoms with E-state index in [0.29, 0.717) is 10.8 Å². The number of hydrogen-bond acceptors (Lipinski definition) is 6. The Morgan fingerprint density at radius 1 is 1.33 bits per heavy atom. The van der Waals surface area contributed by atoms with Crippen LogP contribution in [0.15, 0.2) is 27.9 Å². The van der Waals surface area contributed by atoms with Crippen molar-refractivity contribution in [3.05, 3.63) is 33.6 Å². The molecular weight excluding hydrogens is 326 g/mol. The lowest BCUT2D eigenvalue weighted by Crippen LogP contribution is -2.40. The number of nitrogens with one attached hydrogen (secondary N) is 2. The fourth-order valence-electron chi connectivity index (χ4n) is 1.81. The largest absolute Gasteiger partial charge is 0.312 e. The summed E-state index contributed by atoms with van der Waals surface area (Å²) < 4.78 is 28.0. The van der Waals surface area contributed by atoms with Gasteiger partial charge < -0.3 is 5.32 Å². The molecule has 0 atom stereocenters. The molecular formula is C13H19N3O2S3. The van der Waals surface area contributed by atoms with Crippen molar-refractivity contribution in [1.29, 1.82) is 0 Å². The first-order valence-corrected chi connectivity index (χ1v) is 9.76. The molecule has 8 heteroatoms. The summed E-state index contributed by atoms with van der Waals surface area (Å²) in [5, 5.41) is 5.77. The zero-order valence-electron chi connectivity index (χ0n) is 12.2. The van der Waals surface area contributed by atoms with Gasteiger partial charge in [-0.05, 0) is 32.5 Å². The first kappa shape index (κ1) is 16.6. The van der Waals surface area contributed by atoms with E-state index in [-0.39, 0.29) is 0 Å². The van der Waals surface area contributed by atoms with Crippen LogP contribution in [0.4, 0.5) is 0 Å². The van der Waals surface area contributed by atoms with Crippen LogP contribution in [0.3, 0.4) is 0 Å². The number of sulfonamides is 1. The van der Waals surface area contributed by atoms with Gasteiger partial charge in [0, 0.05) is 23.0 Å². The van der Waals surface area contributed by atoms with Crippen molar-refractivity contribution < 1.29 is 8.42 Å². The molecule has 0 spiro atoms. The molecule has 0 aromatic carbocycles. The summed E-state index contributed by atoms with van der Waals surface area (Å²) in [6.07, 6.45) is 1.68. The Kier molecular flexibility index (Phi) is 5.15. The number of rotatable bonds is 7. The monoisotopic (exact) mass is 345 g/mol. The molecule has 0 aliphatic rings. The lowest BCUT2D eigenvalue weighted by atomic mass is 10.1. The van der Waals surface area contributed by atoms with Gasteiger partial charge in [0.1, 0.15) is 9.22 Å². The number of nitrogens with zero attached hydrogens (tertiary/aromatic N) is 1. The predicted octanol–water partition coefficient (Wildman–Crippen LogP) is 2.53. The molecule has 2 aromatic heterocycles. The fourth-order valence-corrected chi connectivity index (χ4v) is 5.30. The average Bonchev–Trinajstić information content (AvgIpc) is 3.06. The summed E-state index contributed by atoms with van der Waals surface area (Å²) in [5.41, 5.74) is -0.723. The van der Waals surface area contributed by atoms with E-state index >= 15 is 0 Å². The van der Waals surface area contributed by atoms with Crippen molar-refractivity contribution in [3.63, 3.8) is 0 Å². The van der Waals surface area contributed by atoms with Gasteiger partial charge in [-0.1, -0.05) is 6.92 Å². The smallest absolute Gasteiger partial charge is 0.250 e. The molecule has 2 heterocycles. The Labute approximate surface area is 133 Å². The molecule has 0 saturated carbocycles. The Balaban J connectivity index is 2.16. The Morgan fingerprint density at radius 3 is 2.71 bits per heavy atom. The van der Waals surface area contributed by atoms with Crippen LogP contribution in [-0.4, -0.2) is 19.9 Å². The maximum absolute atomic E-state index is 12.5. The van der Waals surface area contributed by atoms with E-state index in [0.717, 1.165) is 16.4 Å². The van der Waals surface area contributed by atoms with Crippen LogP contribution in [-0.2, 0) is 22.1 Å². The quantitative estimate of drug-likeness (QED) is 0.809. The van der Waals surface area contributed by atoms with Gasteiger partial charge >= 0.3 is 0 Å². The van der Waals surface area contributed by atoms with Crippen molar-refractivity contribution in [2.24, 2.45) is 0 Å². The average molecular weight is 346 g/mol. The van der Waals surface area contributed by atoms with Crippen molar-refractivity contribution in [2.75, 3.05) is 6.54 Å². The van der Waals surface area contributed by atoms with Crippen LogP contribution >= 0.6 is 22.7 Å². The highest BCUT2D eigenvalue weighted by Gasteiger charge is 2.30. The SMILES string of the molecule is CCNCc1ccc(S(=O)(=O)NC(C)(C)c2nccs2)s1. The van der Waals surface area contributed by atoms with Crippen LogP contribution < -0.4 is 10.0 Å². The highest BCUT2D eigenvalue weighted by Crippen LogP contribution is 2.27. The van der Waals surface area contributed by atoms with Gasteiger partial charge in [-0.25, -0.2) is 13.4 Å². The van der Waals surface area contributed by atoms with E-state index in [9.17, 15) is 8.42 Å². The predicted molar refractivity (Wildman–Crippen MR) is 87.2 cm³/mol. The third-order valence-electron chi connectivity index (χ3n) is 2.81. The summed E-state index contributed by atoms with van der Waals surface area (Å²) in [6, 6.07) is 3.50. The molecule has 0 aliphatic heterocycles. The van der Waals surface area contributed by atoms with E-state index in [1.807, 2.05) is 32.2 Å². The lowest BCUT2D eigenvalue weighted by molar-refractivity contribution is 0.471. The van der Waals surface area contributed by atoms with Crippen LogP contribution in [0.2, 0.25) is 0 Å². The molecule has 0 unspecified atom stereocenters. The van der Waals surface area contributed by atoms with E-state index in [4.69, 9.17) is 0 Å². The van der Waals surface area contributed by atoms with E-state index in [1.54, 1.807) is 12.3 Å². The van der Waals surface area contributed by atoms with Gasteiger partial charge in [0.25, 0.3) is 10.0 Å².